The van der Waals surface area contributed by atoms with E-state index in [0.29, 0.717) is 17.4 Å². The van der Waals surface area contributed by atoms with Crippen molar-refractivity contribution in [1.29, 1.82) is 0 Å². The van der Waals surface area contributed by atoms with Crippen LogP contribution in [0.5, 0.6) is 0 Å². The Morgan fingerprint density at radius 1 is 1.30 bits per heavy atom. The van der Waals surface area contributed by atoms with Gasteiger partial charge >= 0.3 is 0 Å². The monoisotopic (exact) mass is 354 g/mol. The molecule has 0 spiro atoms. The Kier molecular flexibility index (Phi) is 5.37. The van der Waals surface area contributed by atoms with Crippen molar-refractivity contribution in [3.05, 3.63) is 57.2 Å². The molecule has 0 saturated carbocycles. The highest BCUT2D eigenvalue weighted by Crippen LogP contribution is 2.19. The molecule has 0 unspecified atom stereocenters. The van der Waals surface area contributed by atoms with E-state index in [-0.39, 0.29) is 0 Å². The number of hydrogen-bond acceptors (Lipinski definition) is 4. The Bertz CT molecular complexity index is 591. The molecule has 0 radical (unpaired) electrons. The van der Waals surface area contributed by atoms with E-state index in [1.807, 2.05) is 19.2 Å². The summed E-state index contributed by atoms with van der Waals surface area (Å²) in [6.07, 6.45) is 0. The second-order valence-electron chi connectivity index (χ2n) is 4.57. The number of halogens is 2. The summed E-state index contributed by atoms with van der Waals surface area (Å²) in [4.78, 5) is 6.52. The largest absolute Gasteiger partial charge is 0.308 e. The molecule has 106 valence electrons. The molecule has 3 N–H and O–H groups in total. The quantitative estimate of drug-likeness (QED) is 0.637. The van der Waals surface area contributed by atoms with Gasteiger partial charge in [-0.25, -0.2) is 10.8 Å². The molecule has 0 aliphatic rings. The van der Waals surface area contributed by atoms with Crippen LogP contribution in [0.1, 0.15) is 11.3 Å². The molecule has 0 aliphatic carbocycles. The number of nitrogens with zero attached hydrogens (tertiary/aromatic N) is 2. The summed E-state index contributed by atoms with van der Waals surface area (Å²) in [6.45, 7) is 1.47. The molecule has 0 amide bonds. The maximum Gasteiger partial charge on any atom is 0.140 e. The van der Waals surface area contributed by atoms with E-state index in [0.717, 1.165) is 16.7 Å². The Morgan fingerprint density at radius 2 is 2.10 bits per heavy atom. The molecule has 0 fully saturated rings. The number of aromatic nitrogens is 1. The predicted molar refractivity (Wildman–Crippen MR) is 86.4 cm³/mol. The third kappa shape index (κ3) is 4.18. The van der Waals surface area contributed by atoms with Crippen LogP contribution in [-0.4, -0.2) is 16.9 Å². The molecular weight excluding hydrogens is 340 g/mol. The SMILES string of the molecule is CN(Cc1cccc(Br)c1)Cc1nc(NN)ccc1Cl. The second kappa shape index (κ2) is 7.04. The average molecular weight is 356 g/mol. The Hall–Kier alpha value is -1.14. The first-order chi connectivity index (χ1) is 9.58. The molecule has 0 atom stereocenters. The zero-order valence-electron chi connectivity index (χ0n) is 11.1. The molecule has 6 heteroatoms. The number of nitrogen functional groups attached to an aromatic ring is 1. The Balaban J connectivity index is 2.06. The number of nitrogens with one attached hydrogen (secondary N) is 1. The van der Waals surface area contributed by atoms with Gasteiger partial charge in [-0.3, -0.25) is 4.90 Å². The van der Waals surface area contributed by atoms with Gasteiger partial charge in [-0.15, -0.1) is 0 Å². The number of pyridine rings is 1. The molecular formula is C14H16BrClN4. The lowest BCUT2D eigenvalue weighted by molar-refractivity contribution is 0.315. The van der Waals surface area contributed by atoms with Crippen LogP contribution in [0, 0.1) is 0 Å². The molecule has 0 bridgehead atoms. The predicted octanol–water partition coefficient (Wildman–Crippen LogP) is 3.42. The average Bonchev–Trinajstić information content (AvgIpc) is 2.41. The molecule has 20 heavy (non-hydrogen) atoms. The van der Waals surface area contributed by atoms with Crippen LogP contribution in [-0.2, 0) is 13.1 Å². The van der Waals surface area contributed by atoms with Gasteiger partial charge in [0, 0.05) is 17.6 Å². The van der Waals surface area contributed by atoms with Gasteiger partial charge in [0.2, 0.25) is 0 Å². The van der Waals surface area contributed by atoms with Crippen molar-refractivity contribution in [1.82, 2.24) is 9.88 Å². The second-order valence-corrected chi connectivity index (χ2v) is 5.89. The van der Waals surface area contributed by atoms with Crippen LogP contribution in [0.2, 0.25) is 5.02 Å². The van der Waals surface area contributed by atoms with Gasteiger partial charge in [0.1, 0.15) is 5.82 Å². The summed E-state index contributed by atoms with van der Waals surface area (Å²) < 4.78 is 1.08. The number of hydrogen-bond donors (Lipinski definition) is 2. The highest BCUT2D eigenvalue weighted by Gasteiger charge is 2.08. The maximum atomic E-state index is 6.16. The van der Waals surface area contributed by atoms with Crippen molar-refractivity contribution < 1.29 is 0 Å². The van der Waals surface area contributed by atoms with Crippen LogP contribution in [0.4, 0.5) is 5.82 Å². The van der Waals surface area contributed by atoms with Gasteiger partial charge in [0.05, 0.1) is 10.7 Å². The number of hydrazine groups is 1. The topological polar surface area (TPSA) is 54.2 Å². The van der Waals surface area contributed by atoms with E-state index in [9.17, 15) is 0 Å². The fourth-order valence-electron chi connectivity index (χ4n) is 1.93. The standard InChI is InChI=1S/C14H16BrClN4/c1-20(8-10-3-2-4-11(15)7-10)9-13-12(16)5-6-14(18-13)19-17/h2-7H,8-9,17H2,1H3,(H,18,19). The van der Waals surface area contributed by atoms with Crippen molar-refractivity contribution in [3.8, 4) is 0 Å². The molecule has 1 aromatic carbocycles. The van der Waals surface area contributed by atoms with E-state index >= 15 is 0 Å². The summed E-state index contributed by atoms with van der Waals surface area (Å²) in [7, 11) is 2.03. The lowest BCUT2D eigenvalue weighted by Gasteiger charge is -2.17. The van der Waals surface area contributed by atoms with Gasteiger partial charge in [-0.05, 0) is 36.9 Å². The zero-order chi connectivity index (χ0) is 14.5. The van der Waals surface area contributed by atoms with E-state index in [4.69, 9.17) is 17.4 Å². The van der Waals surface area contributed by atoms with Crippen LogP contribution in [0.3, 0.4) is 0 Å². The molecule has 4 nitrogen and oxygen atoms in total. The first-order valence-electron chi connectivity index (χ1n) is 6.13. The lowest BCUT2D eigenvalue weighted by atomic mass is 10.2. The molecule has 0 saturated heterocycles. The van der Waals surface area contributed by atoms with Crippen LogP contribution >= 0.6 is 27.5 Å². The van der Waals surface area contributed by atoms with Gasteiger partial charge < -0.3 is 5.43 Å². The summed E-state index contributed by atoms with van der Waals surface area (Å²) in [5.74, 6) is 5.98. The third-order valence-electron chi connectivity index (χ3n) is 2.83. The fraction of sp³-hybridized carbons (Fsp3) is 0.214. The normalized spacial score (nSPS) is 10.8. The van der Waals surface area contributed by atoms with E-state index in [1.165, 1.54) is 5.56 Å². The van der Waals surface area contributed by atoms with Crippen molar-refractivity contribution in [3.63, 3.8) is 0 Å². The van der Waals surface area contributed by atoms with Gasteiger partial charge in [0.25, 0.3) is 0 Å². The summed E-state index contributed by atoms with van der Waals surface area (Å²) >= 11 is 9.64. The lowest BCUT2D eigenvalue weighted by Crippen LogP contribution is -2.19. The molecule has 1 heterocycles. The van der Waals surface area contributed by atoms with Gasteiger partial charge in [0.15, 0.2) is 0 Å². The number of nitrogens with two attached hydrogens (primary N) is 1. The zero-order valence-corrected chi connectivity index (χ0v) is 13.4. The Labute approximate surface area is 132 Å². The molecule has 1 aromatic heterocycles. The minimum absolute atomic E-state index is 0.611. The van der Waals surface area contributed by atoms with Gasteiger partial charge in [-0.2, -0.15) is 0 Å². The van der Waals surface area contributed by atoms with Crippen molar-refractivity contribution in [2.75, 3.05) is 12.5 Å². The number of benzene rings is 1. The van der Waals surface area contributed by atoms with E-state index < -0.39 is 0 Å². The van der Waals surface area contributed by atoms with Crippen molar-refractivity contribution in [2.45, 2.75) is 13.1 Å². The fourth-order valence-corrected chi connectivity index (χ4v) is 2.55. The highest BCUT2D eigenvalue weighted by atomic mass is 79.9. The van der Waals surface area contributed by atoms with E-state index in [2.05, 4.69) is 43.4 Å². The van der Waals surface area contributed by atoms with Crippen LogP contribution in [0.15, 0.2) is 40.9 Å². The maximum absolute atomic E-state index is 6.16. The van der Waals surface area contributed by atoms with Crippen LogP contribution < -0.4 is 11.3 Å². The van der Waals surface area contributed by atoms with Crippen molar-refractivity contribution >= 4 is 33.3 Å². The summed E-state index contributed by atoms with van der Waals surface area (Å²) in [6, 6.07) is 11.8. The Morgan fingerprint density at radius 3 is 2.80 bits per heavy atom. The van der Waals surface area contributed by atoms with Gasteiger partial charge in [-0.1, -0.05) is 39.7 Å². The highest BCUT2D eigenvalue weighted by molar-refractivity contribution is 9.10. The van der Waals surface area contributed by atoms with Crippen molar-refractivity contribution in [2.24, 2.45) is 5.84 Å². The van der Waals surface area contributed by atoms with Crippen LogP contribution in [0.25, 0.3) is 0 Å². The minimum Gasteiger partial charge on any atom is -0.308 e. The molecule has 2 rings (SSSR count). The minimum atomic E-state index is 0.611. The third-order valence-corrected chi connectivity index (χ3v) is 3.67. The molecule has 0 aliphatic heterocycles. The first-order valence-corrected chi connectivity index (χ1v) is 7.30. The smallest absolute Gasteiger partial charge is 0.140 e. The number of rotatable bonds is 5. The molecule has 2 aromatic rings. The first kappa shape index (κ1) is 15.3. The summed E-state index contributed by atoms with van der Waals surface area (Å²) in [5.41, 5.74) is 4.56. The summed E-state index contributed by atoms with van der Waals surface area (Å²) in [5, 5.41) is 0.644. The number of anilines is 1. The van der Waals surface area contributed by atoms with E-state index in [1.54, 1.807) is 12.1 Å².